The van der Waals surface area contributed by atoms with Crippen molar-refractivity contribution in [1.82, 2.24) is 4.98 Å². The molecule has 0 saturated heterocycles. The van der Waals surface area contributed by atoms with Gasteiger partial charge in [0, 0.05) is 11.3 Å². The van der Waals surface area contributed by atoms with Crippen LogP contribution >= 0.6 is 11.8 Å². The maximum Gasteiger partial charge on any atom is 0.145 e. The van der Waals surface area contributed by atoms with E-state index in [0.29, 0.717) is 5.75 Å². The van der Waals surface area contributed by atoms with Gasteiger partial charge in [0.25, 0.3) is 0 Å². The van der Waals surface area contributed by atoms with Gasteiger partial charge in [-0.05, 0) is 31.0 Å². The first kappa shape index (κ1) is 14.1. The number of ketones is 1. The summed E-state index contributed by atoms with van der Waals surface area (Å²) in [5.74, 6) is 0.867. The lowest BCUT2D eigenvalue weighted by Gasteiger charge is -2.08. The third-order valence-corrected chi connectivity index (χ3v) is 4.16. The molecular weight excluding hydrogens is 254 g/mol. The third kappa shape index (κ3) is 3.16. The van der Waals surface area contributed by atoms with Gasteiger partial charge >= 0.3 is 0 Å². The summed E-state index contributed by atoms with van der Waals surface area (Å²) in [7, 11) is 0. The van der Waals surface area contributed by atoms with E-state index in [-0.39, 0.29) is 11.7 Å². The highest BCUT2D eigenvalue weighted by Crippen LogP contribution is 2.25. The summed E-state index contributed by atoms with van der Waals surface area (Å²) < 4.78 is 0. The van der Waals surface area contributed by atoms with Gasteiger partial charge in [-0.2, -0.15) is 0 Å². The maximum absolute atomic E-state index is 11.7. The molecule has 100 valence electrons. The molecule has 0 atom stereocenters. The molecule has 3 heteroatoms. The molecular formula is C16H19NOS. The third-order valence-electron chi connectivity index (χ3n) is 3.23. The summed E-state index contributed by atoms with van der Waals surface area (Å²) in [5.41, 5.74) is 3.44. The van der Waals surface area contributed by atoms with Crippen molar-refractivity contribution in [1.29, 1.82) is 0 Å². The van der Waals surface area contributed by atoms with Crippen LogP contribution in [-0.2, 0) is 4.79 Å². The Bertz CT molecular complexity index is 619. The van der Waals surface area contributed by atoms with E-state index in [1.807, 2.05) is 13.8 Å². The van der Waals surface area contributed by atoms with Crippen LogP contribution < -0.4 is 0 Å². The number of rotatable bonds is 4. The van der Waals surface area contributed by atoms with E-state index in [9.17, 15) is 4.79 Å². The molecule has 0 aliphatic rings. The number of hydrogen-bond acceptors (Lipinski definition) is 3. The van der Waals surface area contributed by atoms with Crippen LogP contribution in [0.15, 0.2) is 29.3 Å². The highest BCUT2D eigenvalue weighted by Gasteiger charge is 2.10. The van der Waals surface area contributed by atoms with Crippen molar-refractivity contribution in [3.05, 3.63) is 35.4 Å². The monoisotopic (exact) mass is 273 g/mol. The lowest BCUT2D eigenvalue weighted by Crippen LogP contribution is -2.09. The Morgan fingerprint density at radius 2 is 2.00 bits per heavy atom. The van der Waals surface area contributed by atoms with Crippen LogP contribution in [0.3, 0.4) is 0 Å². The molecule has 2 rings (SSSR count). The molecule has 0 spiro atoms. The standard InChI is InChI=1S/C16H19NOS/c1-10(2)14(18)9-19-15-8-12(4)13-7-5-6-11(3)16(13)17-15/h5-8,10H,9H2,1-4H3. The van der Waals surface area contributed by atoms with Gasteiger partial charge in [0.05, 0.1) is 16.3 Å². The highest BCUT2D eigenvalue weighted by molar-refractivity contribution is 7.99. The first-order valence-corrected chi connectivity index (χ1v) is 7.50. The number of nitrogens with zero attached hydrogens (tertiary/aromatic N) is 1. The molecule has 0 saturated carbocycles. The van der Waals surface area contributed by atoms with E-state index in [2.05, 4.69) is 43.1 Å². The number of thioether (sulfide) groups is 1. The van der Waals surface area contributed by atoms with Gasteiger partial charge in [-0.25, -0.2) is 4.98 Å². The Morgan fingerprint density at radius 1 is 1.26 bits per heavy atom. The lowest BCUT2D eigenvalue weighted by atomic mass is 10.1. The van der Waals surface area contributed by atoms with Crippen molar-refractivity contribution in [2.45, 2.75) is 32.7 Å². The molecule has 0 radical (unpaired) electrons. The van der Waals surface area contributed by atoms with Crippen molar-refractivity contribution in [3.63, 3.8) is 0 Å². The molecule has 0 aliphatic carbocycles. The molecule has 0 N–H and O–H groups in total. The van der Waals surface area contributed by atoms with Crippen LogP contribution in [0.2, 0.25) is 0 Å². The average Bonchev–Trinajstić information content (AvgIpc) is 2.37. The first-order valence-electron chi connectivity index (χ1n) is 6.51. The molecule has 0 amide bonds. The van der Waals surface area contributed by atoms with Crippen LogP contribution in [0, 0.1) is 19.8 Å². The van der Waals surface area contributed by atoms with Gasteiger partial charge in [0.15, 0.2) is 0 Å². The van der Waals surface area contributed by atoms with E-state index in [1.165, 1.54) is 28.3 Å². The summed E-state index contributed by atoms with van der Waals surface area (Å²) in [6.07, 6.45) is 0. The summed E-state index contributed by atoms with van der Waals surface area (Å²) >= 11 is 1.53. The van der Waals surface area contributed by atoms with Gasteiger partial charge < -0.3 is 0 Å². The predicted octanol–water partition coefficient (Wildman–Crippen LogP) is 4.17. The van der Waals surface area contributed by atoms with Gasteiger partial charge in [-0.1, -0.05) is 43.8 Å². The summed E-state index contributed by atoms with van der Waals surface area (Å²) in [5, 5.41) is 2.13. The largest absolute Gasteiger partial charge is 0.298 e. The topological polar surface area (TPSA) is 30.0 Å². The lowest BCUT2D eigenvalue weighted by molar-refractivity contribution is -0.119. The molecule has 1 heterocycles. The molecule has 1 aromatic carbocycles. The van der Waals surface area contributed by atoms with Crippen LogP contribution in [0.4, 0.5) is 0 Å². The van der Waals surface area contributed by atoms with Crippen molar-refractivity contribution < 1.29 is 4.79 Å². The fourth-order valence-electron chi connectivity index (χ4n) is 1.92. The Morgan fingerprint density at radius 3 is 2.68 bits per heavy atom. The van der Waals surface area contributed by atoms with Gasteiger partial charge in [0.2, 0.25) is 0 Å². The molecule has 0 fully saturated rings. The molecule has 0 bridgehead atoms. The van der Waals surface area contributed by atoms with E-state index in [4.69, 9.17) is 0 Å². The zero-order valence-electron chi connectivity index (χ0n) is 11.9. The maximum atomic E-state index is 11.7. The van der Waals surface area contributed by atoms with E-state index in [0.717, 1.165) is 10.5 Å². The molecule has 0 unspecified atom stereocenters. The second-order valence-electron chi connectivity index (χ2n) is 5.16. The van der Waals surface area contributed by atoms with Crippen molar-refractivity contribution in [2.24, 2.45) is 5.92 Å². The van der Waals surface area contributed by atoms with Crippen LogP contribution in [0.1, 0.15) is 25.0 Å². The van der Waals surface area contributed by atoms with Crippen molar-refractivity contribution in [3.8, 4) is 0 Å². The molecule has 19 heavy (non-hydrogen) atoms. The number of carbonyl (C=O) groups excluding carboxylic acids is 1. The molecule has 1 aromatic heterocycles. The smallest absolute Gasteiger partial charge is 0.145 e. The highest BCUT2D eigenvalue weighted by atomic mass is 32.2. The summed E-state index contributed by atoms with van der Waals surface area (Å²) in [4.78, 5) is 16.4. The van der Waals surface area contributed by atoms with Crippen LogP contribution in [0.25, 0.3) is 10.9 Å². The van der Waals surface area contributed by atoms with Crippen molar-refractivity contribution in [2.75, 3.05) is 5.75 Å². The molecule has 2 aromatic rings. The van der Waals surface area contributed by atoms with E-state index < -0.39 is 0 Å². The van der Waals surface area contributed by atoms with E-state index in [1.54, 1.807) is 0 Å². The van der Waals surface area contributed by atoms with Crippen molar-refractivity contribution >= 4 is 28.4 Å². The van der Waals surface area contributed by atoms with E-state index >= 15 is 0 Å². The Labute approximate surface area is 118 Å². The molecule has 2 nitrogen and oxygen atoms in total. The predicted molar refractivity (Wildman–Crippen MR) is 81.8 cm³/mol. The Balaban J connectivity index is 2.30. The second kappa shape index (κ2) is 5.74. The fraction of sp³-hybridized carbons (Fsp3) is 0.375. The number of para-hydroxylation sites is 1. The number of pyridine rings is 1. The van der Waals surface area contributed by atoms with Crippen LogP contribution in [0.5, 0.6) is 0 Å². The molecule has 0 aliphatic heterocycles. The fourth-order valence-corrected chi connectivity index (χ4v) is 2.96. The SMILES string of the molecule is Cc1cc(SCC(=O)C(C)C)nc2c(C)cccc12. The quantitative estimate of drug-likeness (QED) is 0.783. The Hall–Kier alpha value is -1.35. The minimum Gasteiger partial charge on any atom is -0.298 e. The first-order chi connectivity index (χ1) is 8.99. The zero-order valence-corrected chi connectivity index (χ0v) is 12.7. The minimum absolute atomic E-state index is 0.0933. The summed E-state index contributed by atoms with van der Waals surface area (Å²) in [6, 6.07) is 8.29. The number of aryl methyl sites for hydroxylation is 2. The zero-order chi connectivity index (χ0) is 14.0. The average molecular weight is 273 g/mol. The van der Waals surface area contributed by atoms with Gasteiger partial charge in [0.1, 0.15) is 5.78 Å². The number of aromatic nitrogens is 1. The normalized spacial score (nSPS) is 11.2. The number of hydrogen-bond donors (Lipinski definition) is 0. The van der Waals surface area contributed by atoms with Crippen LogP contribution in [-0.4, -0.2) is 16.5 Å². The second-order valence-corrected chi connectivity index (χ2v) is 6.15. The number of carbonyl (C=O) groups is 1. The Kier molecular flexibility index (Phi) is 4.25. The summed E-state index contributed by atoms with van der Waals surface area (Å²) in [6.45, 7) is 8.04. The number of fused-ring (bicyclic) bond motifs is 1. The number of benzene rings is 1. The number of Topliss-reactive ketones (excluding diaryl/α,β-unsaturated/α-hetero) is 1. The van der Waals surface area contributed by atoms with Gasteiger partial charge in [-0.15, -0.1) is 0 Å². The van der Waals surface area contributed by atoms with Gasteiger partial charge in [-0.3, -0.25) is 4.79 Å². The minimum atomic E-state index is 0.0933.